The van der Waals surface area contributed by atoms with Gasteiger partial charge >= 0.3 is 5.56 Å². The molecule has 0 aliphatic carbocycles. The first kappa shape index (κ1) is 12.4. The van der Waals surface area contributed by atoms with Crippen molar-refractivity contribution >= 4 is 10.8 Å². The minimum atomic E-state index is -0.234. The Morgan fingerprint density at radius 3 is 2.40 bits per heavy atom. The molecular weight excluding hydrogens is 252 g/mol. The molecule has 0 spiro atoms. The monoisotopic (exact) mass is 266 g/mol. The lowest BCUT2D eigenvalue weighted by molar-refractivity contribution is 0.0600. The van der Waals surface area contributed by atoms with Gasteiger partial charge in [0, 0.05) is 5.39 Å². The number of hydrogen-bond acceptors (Lipinski definition) is 3. The average Bonchev–Trinajstić information content (AvgIpc) is 2.50. The van der Waals surface area contributed by atoms with E-state index in [4.69, 9.17) is 4.84 Å². The summed E-state index contributed by atoms with van der Waals surface area (Å²) in [4.78, 5) is 18.9. The molecule has 0 aliphatic heterocycles. The van der Waals surface area contributed by atoms with Crippen molar-refractivity contribution in [1.82, 2.24) is 9.94 Å². The summed E-state index contributed by atoms with van der Waals surface area (Å²) in [7, 11) is 0. The highest BCUT2D eigenvalue weighted by Gasteiger charge is 2.07. The van der Waals surface area contributed by atoms with Crippen LogP contribution in [0.25, 0.3) is 10.8 Å². The molecule has 0 unspecified atom stereocenters. The van der Waals surface area contributed by atoms with Gasteiger partial charge < -0.3 is 4.84 Å². The summed E-state index contributed by atoms with van der Waals surface area (Å²) in [5.74, 6) is 0. The van der Waals surface area contributed by atoms with Gasteiger partial charge in [0.15, 0.2) is 0 Å². The van der Waals surface area contributed by atoms with Crippen molar-refractivity contribution in [2.75, 3.05) is 0 Å². The zero-order valence-electron chi connectivity index (χ0n) is 11.1. The third kappa shape index (κ3) is 2.28. The van der Waals surface area contributed by atoms with Gasteiger partial charge in [-0.15, -0.1) is 5.10 Å². The molecule has 4 heteroatoms. The highest BCUT2D eigenvalue weighted by molar-refractivity contribution is 5.83. The minimum absolute atomic E-state index is 0.234. The van der Waals surface area contributed by atoms with Gasteiger partial charge in [-0.05, 0) is 18.6 Å². The fourth-order valence-electron chi connectivity index (χ4n) is 2.12. The third-order valence-electron chi connectivity index (χ3n) is 3.16. The minimum Gasteiger partial charge on any atom is -0.389 e. The molecule has 1 heterocycles. The molecule has 0 aliphatic rings. The van der Waals surface area contributed by atoms with Crippen LogP contribution < -0.4 is 10.4 Å². The van der Waals surface area contributed by atoms with Crippen molar-refractivity contribution in [2.45, 2.75) is 13.5 Å². The lowest BCUT2D eigenvalue weighted by Gasteiger charge is -2.09. The number of fused-ring (bicyclic) bond motifs is 1. The number of nitrogens with zero attached hydrogens (tertiary/aromatic N) is 2. The molecule has 3 rings (SSSR count). The smallest absolute Gasteiger partial charge is 0.310 e. The van der Waals surface area contributed by atoms with Gasteiger partial charge in [0.2, 0.25) is 0 Å². The predicted octanol–water partition coefficient (Wildman–Crippen LogP) is 2.33. The molecule has 20 heavy (non-hydrogen) atoms. The summed E-state index contributed by atoms with van der Waals surface area (Å²) in [6.45, 7) is 2.18. The SMILES string of the molecule is Cc1nn(OCc2ccccc2)c(=O)c2ccccc12. The Morgan fingerprint density at radius 2 is 1.65 bits per heavy atom. The van der Waals surface area contributed by atoms with Gasteiger partial charge in [-0.25, -0.2) is 0 Å². The van der Waals surface area contributed by atoms with Crippen LogP contribution in [-0.2, 0) is 6.61 Å². The second-order valence-corrected chi connectivity index (χ2v) is 4.57. The average molecular weight is 266 g/mol. The maximum Gasteiger partial charge on any atom is 0.310 e. The van der Waals surface area contributed by atoms with Crippen molar-refractivity contribution in [3.8, 4) is 0 Å². The normalized spacial score (nSPS) is 10.7. The van der Waals surface area contributed by atoms with Gasteiger partial charge in [0.1, 0.15) is 6.61 Å². The standard InChI is InChI=1S/C16H14N2O2/c1-12-14-9-5-6-10-15(14)16(19)18(17-12)20-11-13-7-3-2-4-8-13/h2-10H,11H2,1H3. The lowest BCUT2D eigenvalue weighted by atomic mass is 10.1. The molecule has 100 valence electrons. The molecule has 0 radical (unpaired) electrons. The molecular formula is C16H14N2O2. The highest BCUT2D eigenvalue weighted by Crippen LogP contribution is 2.11. The molecule has 0 fully saturated rings. The van der Waals surface area contributed by atoms with E-state index in [1.165, 1.54) is 0 Å². The second-order valence-electron chi connectivity index (χ2n) is 4.57. The van der Waals surface area contributed by atoms with Crippen LogP contribution in [0.3, 0.4) is 0 Å². The van der Waals surface area contributed by atoms with E-state index in [2.05, 4.69) is 5.10 Å². The van der Waals surface area contributed by atoms with E-state index in [-0.39, 0.29) is 5.56 Å². The van der Waals surface area contributed by atoms with Crippen LogP contribution in [0.2, 0.25) is 0 Å². The zero-order chi connectivity index (χ0) is 13.9. The van der Waals surface area contributed by atoms with Gasteiger partial charge in [-0.3, -0.25) is 4.79 Å². The van der Waals surface area contributed by atoms with Gasteiger partial charge in [0.05, 0.1) is 11.1 Å². The van der Waals surface area contributed by atoms with E-state index >= 15 is 0 Å². The maximum atomic E-state index is 12.3. The van der Waals surface area contributed by atoms with Gasteiger partial charge in [-0.1, -0.05) is 53.4 Å². The van der Waals surface area contributed by atoms with Crippen molar-refractivity contribution in [1.29, 1.82) is 0 Å². The second kappa shape index (κ2) is 5.17. The first-order chi connectivity index (χ1) is 9.75. The first-order valence-corrected chi connectivity index (χ1v) is 6.41. The van der Waals surface area contributed by atoms with E-state index in [9.17, 15) is 4.79 Å². The zero-order valence-corrected chi connectivity index (χ0v) is 11.1. The van der Waals surface area contributed by atoms with Crippen LogP contribution in [0.5, 0.6) is 0 Å². The van der Waals surface area contributed by atoms with E-state index in [1.807, 2.05) is 55.5 Å². The molecule has 1 aromatic heterocycles. The summed E-state index contributed by atoms with van der Waals surface area (Å²) in [6, 6.07) is 17.1. The number of aromatic nitrogens is 2. The van der Waals surface area contributed by atoms with E-state index in [1.54, 1.807) is 6.07 Å². The Morgan fingerprint density at radius 1 is 1.00 bits per heavy atom. The Hall–Kier alpha value is -2.62. The fourth-order valence-corrected chi connectivity index (χ4v) is 2.12. The Labute approximate surface area is 116 Å². The maximum absolute atomic E-state index is 12.3. The van der Waals surface area contributed by atoms with Gasteiger partial charge in [-0.2, -0.15) is 0 Å². The van der Waals surface area contributed by atoms with E-state index in [0.717, 1.165) is 21.5 Å². The van der Waals surface area contributed by atoms with E-state index in [0.29, 0.717) is 12.0 Å². The largest absolute Gasteiger partial charge is 0.389 e. The molecule has 0 saturated carbocycles. The van der Waals surface area contributed by atoms with Crippen LogP contribution in [0, 0.1) is 6.92 Å². The molecule has 2 aromatic carbocycles. The van der Waals surface area contributed by atoms with Crippen LogP contribution in [0.4, 0.5) is 0 Å². The summed E-state index contributed by atoms with van der Waals surface area (Å²) in [5.41, 5.74) is 1.53. The summed E-state index contributed by atoms with van der Waals surface area (Å²) < 4.78 is 0. The summed E-state index contributed by atoms with van der Waals surface area (Å²) >= 11 is 0. The molecule has 0 atom stereocenters. The Kier molecular flexibility index (Phi) is 3.21. The molecule has 0 bridgehead atoms. The van der Waals surface area contributed by atoms with Crippen LogP contribution in [0.1, 0.15) is 11.3 Å². The van der Waals surface area contributed by atoms with Crippen molar-refractivity contribution in [3.63, 3.8) is 0 Å². The first-order valence-electron chi connectivity index (χ1n) is 6.41. The summed E-state index contributed by atoms with van der Waals surface area (Å²) in [5, 5.41) is 5.67. The number of aryl methyl sites for hydroxylation is 1. The Bertz CT molecular complexity index is 794. The van der Waals surface area contributed by atoms with Crippen molar-refractivity contribution in [2.24, 2.45) is 0 Å². The van der Waals surface area contributed by atoms with Crippen molar-refractivity contribution < 1.29 is 4.84 Å². The van der Waals surface area contributed by atoms with Crippen molar-refractivity contribution in [3.05, 3.63) is 76.2 Å². The topological polar surface area (TPSA) is 44.1 Å². The fraction of sp³-hybridized carbons (Fsp3) is 0.125. The molecule has 4 nitrogen and oxygen atoms in total. The lowest BCUT2D eigenvalue weighted by Crippen LogP contribution is -2.30. The Balaban J connectivity index is 1.96. The highest BCUT2D eigenvalue weighted by atomic mass is 16.7. The molecule has 0 saturated heterocycles. The molecule has 3 aromatic rings. The number of benzene rings is 2. The third-order valence-corrected chi connectivity index (χ3v) is 3.16. The quantitative estimate of drug-likeness (QED) is 0.731. The van der Waals surface area contributed by atoms with Crippen LogP contribution in [-0.4, -0.2) is 9.94 Å². The molecule has 0 amide bonds. The van der Waals surface area contributed by atoms with Crippen LogP contribution in [0.15, 0.2) is 59.4 Å². The predicted molar refractivity (Wildman–Crippen MR) is 77.5 cm³/mol. The van der Waals surface area contributed by atoms with Gasteiger partial charge in [0.25, 0.3) is 0 Å². The molecule has 0 N–H and O–H groups in total. The number of rotatable bonds is 3. The number of hydrogen-bond donors (Lipinski definition) is 0. The summed E-state index contributed by atoms with van der Waals surface area (Å²) in [6.07, 6.45) is 0. The van der Waals surface area contributed by atoms with E-state index < -0.39 is 0 Å². The van der Waals surface area contributed by atoms with Crippen LogP contribution >= 0.6 is 0 Å².